The lowest BCUT2D eigenvalue weighted by molar-refractivity contribution is -0.144. The number of esters is 1. The molecule has 0 spiro atoms. The van der Waals surface area contributed by atoms with E-state index < -0.39 is 0 Å². The lowest BCUT2D eigenvalue weighted by Gasteiger charge is -2.21. The van der Waals surface area contributed by atoms with E-state index in [2.05, 4.69) is 18.7 Å². The summed E-state index contributed by atoms with van der Waals surface area (Å²) in [5.74, 6) is -0.100. The molecule has 5 nitrogen and oxygen atoms in total. The summed E-state index contributed by atoms with van der Waals surface area (Å²) in [6, 6.07) is 0. The van der Waals surface area contributed by atoms with E-state index in [-0.39, 0.29) is 18.3 Å². The first-order chi connectivity index (χ1) is 19.1. The van der Waals surface area contributed by atoms with Crippen molar-refractivity contribution in [1.29, 1.82) is 0 Å². The van der Waals surface area contributed by atoms with Crippen molar-refractivity contribution in [2.24, 2.45) is 5.73 Å². The highest BCUT2D eigenvalue weighted by molar-refractivity contribution is 5.82. The van der Waals surface area contributed by atoms with Gasteiger partial charge in [-0.15, -0.1) is 0 Å². The van der Waals surface area contributed by atoms with Gasteiger partial charge < -0.3 is 10.5 Å². The molecule has 0 bridgehead atoms. The van der Waals surface area contributed by atoms with Gasteiger partial charge in [-0.1, -0.05) is 155 Å². The average molecular weight is 553 g/mol. The molecule has 39 heavy (non-hydrogen) atoms. The number of rotatable bonds is 32. The molecule has 232 valence electrons. The van der Waals surface area contributed by atoms with Crippen molar-refractivity contribution in [2.45, 2.75) is 174 Å². The number of carbonyl (C=O) groups excluding carboxylic acids is 2. The number of hydrogen-bond donors (Lipinski definition) is 1. The number of ether oxygens (including phenoxy) is 1. The van der Waals surface area contributed by atoms with Gasteiger partial charge in [0.1, 0.15) is 0 Å². The molecule has 2 N–H and O–H groups in total. The number of nitrogens with zero attached hydrogens (tertiary/aromatic N) is 1. The van der Waals surface area contributed by atoms with Gasteiger partial charge in [-0.3, -0.25) is 14.5 Å². The fraction of sp³-hybridized carbons (Fsp3) is 0.941. The number of hydrogen-bond acceptors (Lipinski definition) is 5. The summed E-state index contributed by atoms with van der Waals surface area (Å²) >= 11 is 0. The summed E-state index contributed by atoms with van der Waals surface area (Å²) in [5, 5.41) is 0. The highest BCUT2D eigenvalue weighted by Gasteiger charge is 2.12. The topological polar surface area (TPSA) is 72.6 Å². The Hall–Kier alpha value is -0.940. The Morgan fingerprint density at radius 2 is 0.923 bits per heavy atom. The summed E-state index contributed by atoms with van der Waals surface area (Å²) in [6.07, 6.45) is 31.8. The number of unbranched alkanes of at least 4 members (excludes halogenated alkanes) is 22. The second kappa shape index (κ2) is 31.6. The Morgan fingerprint density at radius 3 is 1.33 bits per heavy atom. The molecule has 0 aliphatic heterocycles. The molecule has 0 rings (SSSR count). The lowest BCUT2D eigenvalue weighted by Crippen LogP contribution is -2.35. The molecule has 0 amide bonds. The second-order valence-electron chi connectivity index (χ2n) is 11.8. The fourth-order valence-corrected chi connectivity index (χ4v) is 5.21. The molecule has 0 aliphatic rings. The summed E-state index contributed by atoms with van der Waals surface area (Å²) < 4.78 is 5.46. The van der Waals surface area contributed by atoms with Gasteiger partial charge in [-0.2, -0.15) is 0 Å². The maximum Gasteiger partial charge on any atom is 0.307 e. The number of nitrogens with two attached hydrogens (primary N) is 1. The predicted molar refractivity (Wildman–Crippen MR) is 168 cm³/mol. The van der Waals surface area contributed by atoms with E-state index in [1.165, 1.54) is 135 Å². The first-order valence-electron chi connectivity index (χ1n) is 17.2. The van der Waals surface area contributed by atoms with Crippen LogP contribution in [0.1, 0.15) is 174 Å². The minimum Gasteiger partial charge on any atom is -0.466 e. The highest BCUT2D eigenvalue weighted by Crippen LogP contribution is 2.13. The van der Waals surface area contributed by atoms with Crippen molar-refractivity contribution in [1.82, 2.24) is 4.90 Å². The van der Waals surface area contributed by atoms with E-state index >= 15 is 0 Å². The number of carbonyl (C=O) groups is 2. The van der Waals surface area contributed by atoms with Gasteiger partial charge in [0.05, 0.1) is 26.1 Å². The van der Waals surface area contributed by atoms with E-state index in [0.717, 1.165) is 25.8 Å². The van der Waals surface area contributed by atoms with E-state index in [1.54, 1.807) is 0 Å². The minimum atomic E-state index is -0.141. The first kappa shape index (κ1) is 38.1. The van der Waals surface area contributed by atoms with Crippen molar-refractivity contribution < 1.29 is 14.3 Å². The number of Topliss-reactive ketones (excluding diaryl/α,β-unsaturated/α-hetero) is 1. The summed E-state index contributed by atoms with van der Waals surface area (Å²) in [7, 11) is 0. The van der Waals surface area contributed by atoms with Crippen LogP contribution in [0.2, 0.25) is 0 Å². The zero-order valence-electron chi connectivity index (χ0n) is 26.5. The predicted octanol–water partition coefficient (Wildman–Crippen LogP) is 9.15. The van der Waals surface area contributed by atoms with E-state index in [1.807, 2.05) is 0 Å². The third kappa shape index (κ3) is 29.9. The SMILES string of the molecule is CCCCCCCCCCCCCCOC(=O)CCN(CCCCCCCCCCCCCC)CC(=O)CN. The van der Waals surface area contributed by atoms with E-state index in [4.69, 9.17) is 10.5 Å². The quantitative estimate of drug-likeness (QED) is 0.0665. The molecule has 0 aromatic heterocycles. The van der Waals surface area contributed by atoms with Crippen molar-refractivity contribution in [3.63, 3.8) is 0 Å². The van der Waals surface area contributed by atoms with Crippen LogP contribution in [0.4, 0.5) is 0 Å². The van der Waals surface area contributed by atoms with Crippen LogP contribution in [0, 0.1) is 0 Å². The van der Waals surface area contributed by atoms with Gasteiger partial charge in [0.25, 0.3) is 0 Å². The number of ketones is 1. The van der Waals surface area contributed by atoms with Crippen LogP contribution >= 0.6 is 0 Å². The van der Waals surface area contributed by atoms with Gasteiger partial charge in [0.2, 0.25) is 0 Å². The highest BCUT2D eigenvalue weighted by atomic mass is 16.5. The van der Waals surface area contributed by atoms with Crippen LogP contribution in [-0.2, 0) is 14.3 Å². The van der Waals surface area contributed by atoms with Crippen molar-refractivity contribution in [2.75, 3.05) is 32.8 Å². The normalized spacial score (nSPS) is 11.4. The molecule has 0 saturated heterocycles. The molecule has 0 aromatic carbocycles. The van der Waals surface area contributed by atoms with E-state index in [0.29, 0.717) is 26.1 Å². The summed E-state index contributed by atoms with van der Waals surface area (Å²) in [5.41, 5.74) is 5.54. The van der Waals surface area contributed by atoms with Gasteiger partial charge in [0.15, 0.2) is 5.78 Å². The fourth-order valence-electron chi connectivity index (χ4n) is 5.21. The van der Waals surface area contributed by atoms with Crippen LogP contribution in [-0.4, -0.2) is 49.4 Å². The van der Waals surface area contributed by atoms with Crippen LogP contribution in [0.5, 0.6) is 0 Å². The maximum absolute atomic E-state index is 12.2. The van der Waals surface area contributed by atoms with Gasteiger partial charge in [0, 0.05) is 6.54 Å². The molecular weight excluding hydrogens is 484 g/mol. The Morgan fingerprint density at radius 1 is 0.538 bits per heavy atom. The maximum atomic E-state index is 12.2. The van der Waals surface area contributed by atoms with Crippen molar-refractivity contribution in [3.05, 3.63) is 0 Å². The minimum absolute atomic E-state index is 0.0406. The third-order valence-corrected chi connectivity index (χ3v) is 7.85. The molecule has 0 saturated carbocycles. The molecule has 0 fully saturated rings. The smallest absolute Gasteiger partial charge is 0.307 e. The molecule has 0 atom stereocenters. The molecule has 0 unspecified atom stereocenters. The van der Waals surface area contributed by atoms with Crippen LogP contribution in [0.25, 0.3) is 0 Å². The first-order valence-corrected chi connectivity index (χ1v) is 17.2. The van der Waals surface area contributed by atoms with Crippen LogP contribution in [0.3, 0.4) is 0 Å². The van der Waals surface area contributed by atoms with Gasteiger partial charge in [-0.25, -0.2) is 0 Å². The Labute approximate surface area is 243 Å². The largest absolute Gasteiger partial charge is 0.466 e. The van der Waals surface area contributed by atoms with Crippen molar-refractivity contribution in [3.8, 4) is 0 Å². The zero-order chi connectivity index (χ0) is 28.7. The Bertz CT molecular complexity index is 527. The standard InChI is InChI=1S/C34H68N2O3/c1-3-5-7-9-11-13-15-17-19-21-23-25-28-36(32-33(37)31-35)29-27-34(38)39-30-26-24-22-20-18-16-14-12-10-8-6-4-2/h3-32,35H2,1-2H3. The van der Waals surface area contributed by atoms with Gasteiger partial charge >= 0.3 is 5.97 Å². The molecule has 5 heteroatoms. The average Bonchev–Trinajstić information content (AvgIpc) is 2.94. The van der Waals surface area contributed by atoms with Crippen LogP contribution in [0.15, 0.2) is 0 Å². The van der Waals surface area contributed by atoms with E-state index in [9.17, 15) is 9.59 Å². The van der Waals surface area contributed by atoms with Gasteiger partial charge in [-0.05, 0) is 19.4 Å². The Kier molecular flexibility index (Phi) is 30.8. The van der Waals surface area contributed by atoms with Crippen LogP contribution < -0.4 is 5.73 Å². The summed E-state index contributed by atoms with van der Waals surface area (Å²) in [4.78, 5) is 26.2. The lowest BCUT2D eigenvalue weighted by atomic mass is 10.1. The second-order valence-corrected chi connectivity index (χ2v) is 11.8. The molecule has 0 heterocycles. The Balaban J connectivity index is 3.73. The van der Waals surface area contributed by atoms with Crippen molar-refractivity contribution >= 4 is 11.8 Å². The molecule has 0 radical (unpaired) electrons. The monoisotopic (exact) mass is 553 g/mol. The zero-order valence-corrected chi connectivity index (χ0v) is 26.5. The molecule has 0 aliphatic carbocycles. The molecular formula is C34H68N2O3. The molecule has 0 aromatic rings. The third-order valence-electron chi connectivity index (χ3n) is 7.85. The summed E-state index contributed by atoms with van der Waals surface area (Å²) in [6.45, 7) is 6.92.